The van der Waals surface area contributed by atoms with E-state index >= 15 is 0 Å². The van der Waals surface area contributed by atoms with E-state index in [0.29, 0.717) is 0 Å². The summed E-state index contributed by atoms with van der Waals surface area (Å²) in [5.41, 5.74) is -1.51. The van der Waals surface area contributed by atoms with Gasteiger partial charge in [0.15, 0.2) is 5.56 Å². The van der Waals surface area contributed by atoms with Crippen LogP contribution in [0, 0.1) is 0 Å². The Bertz CT molecular complexity index is 217. The van der Waals surface area contributed by atoms with Gasteiger partial charge in [0, 0.05) is 13.3 Å². The Morgan fingerprint density at radius 2 is 1.86 bits per heavy atom. The highest BCUT2D eigenvalue weighted by molar-refractivity contribution is 6.49. The maximum atomic E-state index is 12.1. The lowest BCUT2D eigenvalue weighted by atomic mass is 10.3. The molecule has 0 aromatic rings. The SMILES string of the molecule is CC(=O)OC(Cl)CC(Cl)(Cl)C(F)(F)F. The molecule has 0 rings (SSSR count). The predicted octanol–water partition coefficient (Wildman–Crippen LogP) is 3.24. The Morgan fingerprint density at radius 1 is 1.43 bits per heavy atom. The highest BCUT2D eigenvalue weighted by Crippen LogP contribution is 2.44. The summed E-state index contributed by atoms with van der Waals surface area (Å²) >= 11 is 15.2. The van der Waals surface area contributed by atoms with Crippen molar-refractivity contribution in [2.24, 2.45) is 0 Å². The molecular weight excluding hydrogens is 267 g/mol. The molecule has 1 atom stereocenters. The van der Waals surface area contributed by atoms with Crippen LogP contribution in [0.15, 0.2) is 0 Å². The molecule has 84 valence electrons. The molecule has 0 amide bonds. The topological polar surface area (TPSA) is 26.3 Å². The van der Waals surface area contributed by atoms with Crippen molar-refractivity contribution in [3.8, 4) is 0 Å². The van der Waals surface area contributed by atoms with E-state index in [9.17, 15) is 18.0 Å². The van der Waals surface area contributed by atoms with Crippen molar-refractivity contribution in [2.45, 2.75) is 29.4 Å². The fourth-order valence-electron chi connectivity index (χ4n) is 0.539. The van der Waals surface area contributed by atoms with Crippen molar-refractivity contribution in [3.63, 3.8) is 0 Å². The van der Waals surface area contributed by atoms with Gasteiger partial charge in [0.05, 0.1) is 0 Å². The quantitative estimate of drug-likeness (QED) is 0.583. The molecule has 0 aliphatic rings. The lowest BCUT2D eigenvalue weighted by Gasteiger charge is -2.24. The maximum Gasteiger partial charge on any atom is 0.421 e. The van der Waals surface area contributed by atoms with Gasteiger partial charge in [-0.3, -0.25) is 4.79 Å². The van der Waals surface area contributed by atoms with Crippen LogP contribution in [-0.4, -0.2) is 22.0 Å². The Labute approximate surface area is 93.2 Å². The molecule has 0 aromatic carbocycles. The molecule has 1 unspecified atom stereocenters. The molecule has 0 aliphatic heterocycles. The van der Waals surface area contributed by atoms with Gasteiger partial charge in [-0.25, -0.2) is 0 Å². The van der Waals surface area contributed by atoms with Gasteiger partial charge in [-0.15, -0.1) is 0 Å². The average molecular weight is 273 g/mol. The van der Waals surface area contributed by atoms with Crippen LogP contribution < -0.4 is 0 Å². The molecule has 14 heavy (non-hydrogen) atoms. The van der Waals surface area contributed by atoms with E-state index in [1.54, 1.807) is 0 Å². The lowest BCUT2D eigenvalue weighted by molar-refractivity contribution is -0.154. The zero-order valence-corrected chi connectivity index (χ0v) is 9.14. The van der Waals surface area contributed by atoms with Gasteiger partial charge in [-0.05, 0) is 0 Å². The van der Waals surface area contributed by atoms with Crippen LogP contribution in [0.4, 0.5) is 13.2 Å². The van der Waals surface area contributed by atoms with E-state index in [4.69, 9.17) is 34.8 Å². The molecule has 0 aromatic heterocycles. The molecule has 0 saturated heterocycles. The molecule has 0 aliphatic carbocycles. The third-order valence-corrected chi connectivity index (χ3v) is 2.11. The van der Waals surface area contributed by atoms with Crippen molar-refractivity contribution in [2.75, 3.05) is 0 Å². The Kier molecular flexibility index (Phi) is 4.81. The van der Waals surface area contributed by atoms with Gasteiger partial charge in [0.1, 0.15) is 0 Å². The first kappa shape index (κ1) is 14.1. The molecule has 0 fully saturated rings. The number of halogens is 6. The molecular formula is C6H6Cl3F3O2. The molecule has 0 radical (unpaired) electrons. The van der Waals surface area contributed by atoms with Crippen LogP contribution in [0.3, 0.4) is 0 Å². The largest absolute Gasteiger partial charge is 0.446 e. The number of hydrogen-bond donors (Lipinski definition) is 0. The van der Waals surface area contributed by atoms with Crippen molar-refractivity contribution in [1.29, 1.82) is 0 Å². The average Bonchev–Trinajstić information content (AvgIpc) is 1.79. The van der Waals surface area contributed by atoms with E-state index in [1.807, 2.05) is 0 Å². The van der Waals surface area contributed by atoms with Gasteiger partial charge in [0.2, 0.25) is 4.33 Å². The second-order valence-electron chi connectivity index (χ2n) is 2.43. The molecule has 0 bridgehead atoms. The molecule has 0 spiro atoms. The summed E-state index contributed by atoms with van der Waals surface area (Å²) in [5, 5.41) is 0. The second kappa shape index (κ2) is 4.77. The number of ether oxygens (including phenoxy) is 1. The van der Waals surface area contributed by atoms with Crippen molar-refractivity contribution in [1.82, 2.24) is 0 Å². The summed E-state index contributed by atoms with van der Waals surface area (Å²) < 4.78 is 37.4. The molecule has 2 nitrogen and oxygen atoms in total. The normalized spacial score (nSPS) is 15.1. The predicted molar refractivity (Wildman–Crippen MR) is 46.5 cm³/mol. The fraction of sp³-hybridized carbons (Fsp3) is 0.833. The van der Waals surface area contributed by atoms with Gasteiger partial charge in [-0.1, -0.05) is 34.8 Å². The van der Waals surface area contributed by atoms with Crippen molar-refractivity contribution < 1.29 is 22.7 Å². The first-order valence-corrected chi connectivity index (χ1v) is 4.51. The summed E-state index contributed by atoms with van der Waals surface area (Å²) in [5.74, 6) is -0.809. The standard InChI is InChI=1S/C6H6Cl3F3O2/c1-3(13)14-4(7)2-5(8,9)6(10,11)12/h4H,2H2,1H3. The highest BCUT2D eigenvalue weighted by Gasteiger charge is 2.53. The van der Waals surface area contributed by atoms with E-state index in [0.717, 1.165) is 6.92 Å². The minimum absolute atomic E-state index is 0.809. The number of esters is 1. The number of carbonyl (C=O) groups is 1. The summed E-state index contributed by atoms with van der Waals surface area (Å²) in [6, 6.07) is 0. The number of rotatable bonds is 3. The van der Waals surface area contributed by atoms with E-state index in [-0.39, 0.29) is 0 Å². The maximum absolute atomic E-state index is 12.1. The Morgan fingerprint density at radius 3 is 2.14 bits per heavy atom. The van der Waals surface area contributed by atoms with Crippen LogP contribution in [0.2, 0.25) is 0 Å². The Hall–Kier alpha value is 0.130. The molecule has 8 heteroatoms. The Balaban J connectivity index is 4.29. The van der Waals surface area contributed by atoms with Gasteiger partial charge in [0.25, 0.3) is 0 Å². The number of carbonyl (C=O) groups excluding carboxylic acids is 1. The minimum Gasteiger partial charge on any atom is -0.446 e. The van der Waals surface area contributed by atoms with E-state index in [2.05, 4.69) is 4.74 Å². The summed E-state index contributed by atoms with van der Waals surface area (Å²) in [7, 11) is 0. The summed E-state index contributed by atoms with van der Waals surface area (Å²) in [6.45, 7) is 1.01. The monoisotopic (exact) mass is 272 g/mol. The minimum atomic E-state index is -4.83. The molecule has 0 saturated carbocycles. The van der Waals surface area contributed by atoms with E-state index in [1.165, 1.54) is 0 Å². The summed E-state index contributed by atoms with van der Waals surface area (Å²) in [6.07, 6.45) is -5.76. The van der Waals surface area contributed by atoms with E-state index < -0.39 is 28.5 Å². The first-order chi connectivity index (χ1) is 6.06. The number of alkyl halides is 6. The van der Waals surface area contributed by atoms with Crippen molar-refractivity contribution in [3.05, 3.63) is 0 Å². The first-order valence-electron chi connectivity index (χ1n) is 3.32. The highest BCUT2D eigenvalue weighted by atomic mass is 35.5. The van der Waals surface area contributed by atoms with Crippen LogP contribution in [-0.2, 0) is 9.53 Å². The van der Waals surface area contributed by atoms with Crippen molar-refractivity contribution >= 4 is 40.8 Å². The zero-order valence-electron chi connectivity index (χ0n) is 6.87. The van der Waals surface area contributed by atoms with Crippen LogP contribution in [0.25, 0.3) is 0 Å². The smallest absolute Gasteiger partial charge is 0.421 e. The van der Waals surface area contributed by atoms with Crippen LogP contribution >= 0.6 is 34.8 Å². The van der Waals surface area contributed by atoms with Gasteiger partial charge < -0.3 is 4.74 Å². The third-order valence-electron chi connectivity index (χ3n) is 1.13. The second-order valence-corrected chi connectivity index (χ2v) is 4.40. The third kappa shape index (κ3) is 4.57. The van der Waals surface area contributed by atoms with Crippen LogP contribution in [0.5, 0.6) is 0 Å². The van der Waals surface area contributed by atoms with Gasteiger partial charge in [-0.2, -0.15) is 13.2 Å². The lowest BCUT2D eigenvalue weighted by Crippen LogP contribution is -2.37. The van der Waals surface area contributed by atoms with Gasteiger partial charge >= 0.3 is 12.1 Å². The van der Waals surface area contributed by atoms with Crippen LogP contribution in [0.1, 0.15) is 13.3 Å². The zero-order chi connectivity index (χ0) is 11.6. The molecule has 0 heterocycles. The fourth-order valence-corrected chi connectivity index (χ4v) is 1.33. The molecule has 0 N–H and O–H groups in total. The summed E-state index contributed by atoms with van der Waals surface area (Å²) in [4.78, 5) is 10.3. The number of hydrogen-bond acceptors (Lipinski definition) is 2.